The van der Waals surface area contributed by atoms with Crippen LogP contribution in [0.15, 0.2) is 60.9 Å². The predicted molar refractivity (Wildman–Crippen MR) is 108 cm³/mol. The van der Waals surface area contributed by atoms with Crippen molar-refractivity contribution in [2.45, 2.75) is 19.4 Å². The molecule has 4 rings (SSSR count). The van der Waals surface area contributed by atoms with Gasteiger partial charge in [-0.1, -0.05) is 24.3 Å². The molecule has 1 saturated heterocycles. The van der Waals surface area contributed by atoms with Crippen LogP contribution in [0.4, 0.5) is 11.4 Å². The number of hydrogen-bond donors (Lipinski definition) is 1. The van der Waals surface area contributed by atoms with E-state index in [-0.39, 0.29) is 0 Å². The third kappa shape index (κ3) is 3.37. The average molecular weight is 347 g/mol. The first kappa shape index (κ1) is 16.9. The maximum Gasteiger partial charge on any atom is 0.168 e. The summed E-state index contributed by atoms with van der Waals surface area (Å²) in [5, 5.41) is 4.78. The number of hydrogen-bond acceptors (Lipinski definition) is 3. The SMILES string of the molecule is CN(NCc1cc[n+](C)cc1)c1ccc(N2CCCC2)c2ccccc12. The Balaban J connectivity index is 1.59. The lowest BCUT2D eigenvalue weighted by atomic mass is 10.1. The van der Waals surface area contributed by atoms with E-state index in [9.17, 15) is 0 Å². The topological polar surface area (TPSA) is 22.4 Å². The van der Waals surface area contributed by atoms with E-state index < -0.39 is 0 Å². The van der Waals surface area contributed by atoms with Gasteiger partial charge in [-0.25, -0.2) is 9.99 Å². The van der Waals surface area contributed by atoms with Gasteiger partial charge in [-0.3, -0.25) is 0 Å². The first-order valence-electron chi connectivity index (χ1n) is 9.40. The Morgan fingerprint density at radius 2 is 1.65 bits per heavy atom. The fourth-order valence-electron chi connectivity index (χ4n) is 3.74. The molecule has 1 N–H and O–H groups in total. The Morgan fingerprint density at radius 1 is 0.962 bits per heavy atom. The number of pyridine rings is 1. The Labute approximate surface area is 155 Å². The molecule has 0 spiro atoms. The lowest BCUT2D eigenvalue weighted by Gasteiger charge is -2.25. The van der Waals surface area contributed by atoms with E-state index in [0.717, 1.165) is 6.54 Å². The van der Waals surface area contributed by atoms with Crippen molar-refractivity contribution in [1.29, 1.82) is 0 Å². The number of nitrogens with zero attached hydrogens (tertiary/aromatic N) is 3. The number of aryl methyl sites for hydroxylation is 1. The minimum Gasteiger partial charge on any atom is -0.371 e. The Morgan fingerprint density at radius 3 is 2.38 bits per heavy atom. The standard InChI is InChI=1S/C22H27N4/c1-24-15-11-18(12-16-24)17-23-25(2)21-9-10-22(26-13-5-6-14-26)20-8-4-3-7-19(20)21/h3-4,7-12,15-16,23H,5-6,13-14,17H2,1-2H3/q+1. The van der Waals surface area contributed by atoms with Gasteiger partial charge in [-0.15, -0.1) is 0 Å². The summed E-state index contributed by atoms with van der Waals surface area (Å²) in [5.74, 6) is 0. The van der Waals surface area contributed by atoms with Crippen LogP contribution in [-0.2, 0) is 13.6 Å². The lowest BCUT2D eigenvalue weighted by Crippen LogP contribution is -2.34. The molecule has 3 aromatic rings. The first-order valence-corrected chi connectivity index (χ1v) is 9.40. The number of aromatic nitrogens is 1. The summed E-state index contributed by atoms with van der Waals surface area (Å²) in [4.78, 5) is 2.52. The van der Waals surface area contributed by atoms with Gasteiger partial charge < -0.3 is 9.91 Å². The normalized spacial score (nSPS) is 14.2. The van der Waals surface area contributed by atoms with Crippen molar-refractivity contribution in [2.75, 3.05) is 30.0 Å². The first-order chi connectivity index (χ1) is 12.7. The summed E-state index contributed by atoms with van der Waals surface area (Å²) in [6.07, 6.45) is 6.76. The fourth-order valence-corrected chi connectivity index (χ4v) is 3.74. The molecule has 4 heteroatoms. The number of anilines is 2. The van der Waals surface area contributed by atoms with E-state index in [1.165, 1.54) is 53.6 Å². The molecule has 1 aromatic heterocycles. The number of fused-ring (bicyclic) bond motifs is 1. The van der Waals surface area contributed by atoms with Crippen molar-refractivity contribution in [3.05, 3.63) is 66.5 Å². The second-order valence-corrected chi connectivity index (χ2v) is 7.11. The van der Waals surface area contributed by atoms with Crippen LogP contribution >= 0.6 is 0 Å². The average Bonchev–Trinajstić information content (AvgIpc) is 3.21. The maximum absolute atomic E-state index is 3.53. The molecule has 26 heavy (non-hydrogen) atoms. The molecule has 0 atom stereocenters. The summed E-state index contributed by atoms with van der Waals surface area (Å²) < 4.78 is 2.05. The third-order valence-corrected chi connectivity index (χ3v) is 5.25. The summed E-state index contributed by atoms with van der Waals surface area (Å²) in [5.41, 5.74) is 7.38. The molecular weight excluding hydrogens is 320 g/mol. The number of hydrazine groups is 1. The second kappa shape index (κ2) is 7.34. The van der Waals surface area contributed by atoms with Crippen molar-refractivity contribution < 1.29 is 4.57 Å². The molecule has 0 aliphatic carbocycles. The molecule has 1 aliphatic rings. The van der Waals surface area contributed by atoms with Gasteiger partial charge in [-0.2, -0.15) is 0 Å². The minimum atomic E-state index is 0.805. The number of benzene rings is 2. The highest BCUT2D eigenvalue weighted by atomic mass is 15.5. The van der Waals surface area contributed by atoms with E-state index in [2.05, 4.69) is 87.9 Å². The fraction of sp³-hybridized carbons (Fsp3) is 0.318. The van der Waals surface area contributed by atoms with Gasteiger partial charge in [0.1, 0.15) is 7.05 Å². The van der Waals surface area contributed by atoms with Crippen LogP contribution in [-0.4, -0.2) is 20.1 Å². The van der Waals surface area contributed by atoms with Crippen molar-refractivity contribution >= 4 is 22.1 Å². The summed E-state index contributed by atoms with van der Waals surface area (Å²) in [6, 6.07) is 17.6. The van der Waals surface area contributed by atoms with Crippen LogP contribution in [0.2, 0.25) is 0 Å². The largest absolute Gasteiger partial charge is 0.371 e. The summed E-state index contributed by atoms with van der Waals surface area (Å²) in [6.45, 7) is 3.14. The third-order valence-electron chi connectivity index (χ3n) is 5.25. The number of rotatable bonds is 5. The predicted octanol–water partition coefficient (Wildman–Crippen LogP) is 3.41. The van der Waals surface area contributed by atoms with Crippen molar-refractivity contribution in [1.82, 2.24) is 5.43 Å². The van der Waals surface area contributed by atoms with E-state index in [1.807, 2.05) is 7.05 Å². The van der Waals surface area contributed by atoms with Crippen LogP contribution in [0.5, 0.6) is 0 Å². The molecule has 0 radical (unpaired) electrons. The highest BCUT2D eigenvalue weighted by Crippen LogP contribution is 2.34. The van der Waals surface area contributed by atoms with Gasteiger partial charge in [0.05, 0.1) is 5.69 Å². The molecule has 134 valence electrons. The van der Waals surface area contributed by atoms with Gasteiger partial charge in [0, 0.05) is 55.3 Å². The van der Waals surface area contributed by atoms with Crippen molar-refractivity contribution in [2.24, 2.45) is 7.05 Å². The molecule has 4 nitrogen and oxygen atoms in total. The molecule has 1 aliphatic heterocycles. The lowest BCUT2D eigenvalue weighted by molar-refractivity contribution is -0.671. The van der Waals surface area contributed by atoms with Gasteiger partial charge >= 0.3 is 0 Å². The quantitative estimate of drug-likeness (QED) is 0.565. The Kier molecular flexibility index (Phi) is 4.76. The molecule has 0 bridgehead atoms. The minimum absolute atomic E-state index is 0.805. The Bertz CT molecular complexity index is 882. The van der Waals surface area contributed by atoms with Gasteiger partial charge in [-0.05, 0) is 30.5 Å². The molecule has 0 unspecified atom stereocenters. The van der Waals surface area contributed by atoms with E-state index in [0.29, 0.717) is 0 Å². The van der Waals surface area contributed by atoms with Gasteiger partial charge in [0.2, 0.25) is 0 Å². The van der Waals surface area contributed by atoms with Crippen LogP contribution in [0.1, 0.15) is 18.4 Å². The van der Waals surface area contributed by atoms with Crippen LogP contribution in [0.3, 0.4) is 0 Å². The van der Waals surface area contributed by atoms with E-state index >= 15 is 0 Å². The van der Waals surface area contributed by atoms with Gasteiger partial charge in [0.25, 0.3) is 0 Å². The smallest absolute Gasteiger partial charge is 0.168 e. The zero-order valence-electron chi connectivity index (χ0n) is 15.7. The van der Waals surface area contributed by atoms with Gasteiger partial charge in [0.15, 0.2) is 12.4 Å². The maximum atomic E-state index is 3.53. The summed E-state index contributed by atoms with van der Waals surface area (Å²) in [7, 11) is 4.14. The zero-order chi connectivity index (χ0) is 17.9. The molecule has 0 amide bonds. The summed E-state index contributed by atoms with van der Waals surface area (Å²) >= 11 is 0. The van der Waals surface area contributed by atoms with E-state index in [1.54, 1.807) is 0 Å². The van der Waals surface area contributed by atoms with E-state index in [4.69, 9.17) is 0 Å². The Hall–Kier alpha value is -2.59. The highest BCUT2D eigenvalue weighted by molar-refractivity contribution is 6.02. The second-order valence-electron chi connectivity index (χ2n) is 7.11. The molecule has 1 fully saturated rings. The molecule has 0 saturated carbocycles. The van der Waals surface area contributed by atoms with Crippen molar-refractivity contribution in [3.8, 4) is 0 Å². The monoisotopic (exact) mass is 347 g/mol. The van der Waals surface area contributed by atoms with Crippen LogP contribution in [0, 0.1) is 0 Å². The molecule has 2 heterocycles. The van der Waals surface area contributed by atoms with Crippen LogP contribution in [0.25, 0.3) is 10.8 Å². The molecule has 2 aromatic carbocycles. The molecular formula is C22H27N4+. The highest BCUT2D eigenvalue weighted by Gasteiger charge is 2.17. The van der Waals surface area contributed by atoms with Crippen molar-refractivity contribution in [3.63, 3.8) is 0 Å². The zero-order valence-corrected chi connectivity index (χ0v) is 15.7. The number of nitrogens with one attached hydrogen (secondary N) is 1. The van der Waals surface area contributed by atoms with Crippen LogP contribution < -0.4 is 19.9 Å².